The molecule has 3 aromatic rings. The molecule has 2 aromatic carbocycles. The molecule has 28 heavy (non-hydrogen) atoms. The highest BCUT2D eigenvalue weighted by atomic mass is 32.2. The van der Waals surface area contributed by atoms with Gasteiger partial charge >= 0.3 is 0 Å². The van der Waals surface area contributed by atoms with Crippen molar-refractivity contribution in [3.63, 3.8) is 0 Å². The van der Waals surface area contributed by atoms with E-state index in [1.54, 1.807) is 34.8 Å². The molecule has 1 aliphatic heterocycles. The number of benzene rings is 2. The number of rotatable bonds is 5. The molecule has 1 aromatic heterocycles. The van der Waals surface area contributed by atoms with Gasteiger partial charge in [0.15, 0.2) is 0 Å². The topological polar surface area (TPSA) is 75.2 Å². The molecule has 1 saturated heterocycles. The van der Waals surface area contributed by atoms with Crippen LogP contribution in [0.1, 0.15) is 24.5 Å². The summed E-state index contributed by atoms with van der Waals surface area (Å²) in [6.07, 6.45) is 3.24. The minimum Gasteiger partial charge on any atom is -0.324 e. The fourth-order valence-corrected chi connectivity index (χ4v) is 4.94. The monoisotopic (exact) mass is 394 g/mol. The second kappa shape index (κ2) is 8.08. The first-order valence-corrected chi connectivity index (χ1v) is 10.8. The van der Waals surface area contributed by atoms with E-state index in [1.165, 1.54) is 0 Å². The summed E-state index contributed by atoms with van der Waals surface area (Å²) in [6, 6.07) is 20.3. The number of piperidine rings is 1. The Morgan fingerprint density at radius 1 is 0.893 bits per heavy atom. The number of hydrogen-bond donors (Lipinski definition) is 1. The first-order valence-electron chi connectivity index (χ1n) is 9.33. The summed E-state index contributed by atoms with van der Waals surface area (Å²) in [6.45, 7) is 0.987. The maximum Gasteiger partial charge on any atom is 0.243 e. The summed E-state index contributed by atoms with van der Waals surface area (Å²) in [7, 11) is -3.43. The highest BCUT2D eigenvalue weighted by molar-refractivity contribution is 7.89. The Hall–Kier alpha value is -2.77. The van der Waals surface area contributed by atoms with E-state index in [9.17, 15) is 8.42 Å². The van der Waals surface area contributed by atoms with Crippen molar-refractivity contribution in [1.82, 2.24) is 14.3 Å². The molecule has 0 amide bonds. The lowest BCUT2D eigenvalue weighted by molar-refractivity contribution is 0.316. The maximum atomic E-state index is 12.8. The molecule has 0 atom stereocenters. The quantitative estimate of drug-likeness (QED) is 0.713. The lowest BCUT2D eigenvalue weighted by Gasteiger charge is -2.31. The minimum atomic E-state index is -3.43. The number of nitrogens with zero attached hydrogens (tertiary/aromatic N) is 3. The van der Waals surface area contributed by atoms with Gasteiger partial charge < -0.3 is 5.32 Å². The number of aromatic nitrogens is 2. The highest BCUT2D eigenvalue weighted by Gasteiger charge is 2.30. The molecule has 0 radical (unpaired) electrons. The van der Waals surface area contributed by atoms with E-state index in [2.05, 4.69) is 15.3 Å². The van der Waals surface area contributed by atoms with E-state index < -0.39 is 10.0 Å². The molecule has 1 N–H and O–H groups in total. The van der Waals surface area contributed by atoms with E-state index in [0.717, 1.165) is 24.2 Å². The van der Waals surface area contributed by atoms with E-state index in [0.29, 0.717) is 23.9 Å². The van der Waals surface area contributed by atoms with E-state index in [4.69, 9.17) is 0 Å². The second-order valence-electron chi connectivity index (χ2n) is 6.79. The van der Waals surface area contributed by atoms with Crippen molar-refractivity contribution in [2.45, 2.75) is 23.7 Å². The van der Waals surface area contributed by atoms with Crippen LogP contribution in [0.3, 0.4) is 0 Å². The Balaban J connectivity index is 1.43. The van der Waals surface area contributed by atoms with Crippen molar-refractivity contribution in [1.29, 1.82) is 0 Å². The molecular formula is C21H22N4O2S. The van der Waals surface area contributed by atoms with Gasteiger partial charge in [0.1, 0.15) is 0 Å². The summed E-state index contributed by atoms with van der Waals surface area (Å²) in [5.41, 5.74) is 1.88. The third-order valence-electron chi connectivity index (χ3n) is 4.96. The van der Waals surface area contributed by atoms with E-state index >= 15 is 0 Å². The molecule has 2 heterocycles. The van der Waals surface area contributed by atoms with Gasteiger partial charge in [-0.05, 0) is 43.2 Å². The summed E-state index contributed by atoms with van der Waals surface area (Å²) in [5, 5.41) is 3.21. The molecule has 6 nitrogen and oxygen atoms in total. The number of nitrogens with one attached hydrogen (secondary N) is 1. The molecule has 0 bridgehead atoms. The number of sulfonamides is 1. The van der Waals surface area contributed by atoms with E-state index in [-0.39, 0.29) is 5.92 Å². The van der Waals surface area contributed by atoms with Crippen LogP contribution in [0.4, 0.5) is 11.6 Å². The number of hydrogen-bond acceptors (Lipinski definition) is 5. The van der Waals surface area contributed by atoms with Gasteiger partial charge in [0, 0.05) is 36.6 Å². The van der Waals surface area contributed by atoms with Crippen LogP contribution >= 0.6 is 0 Å². The van der Waals surface area contributed by atoms with Gasteiger partial charge in [-0.1, -0.05) is 36.4 Å². The van der Waals surface area contributed by atoms with Crippen molar-refractivity contribution in [3.8, 4) is 0 Å². The average Bonchev–Trinajstić information content (AvgIpc) is 2.75. The molecule has 1 aliphatic rings. The summed E-state index contributed by atoms with van der Waals surface area (Å²) >= 11 is 0. The van der Waals surface area contributed by atoms with E-state index in [1.807, 2.05) is 42.5 Å². The summed E-state index contributed by atoms with van der Waals surface area (Å²) < 4.78 is 27.1. The van der Waals surface area contributed by atoms with Crippen molar-refractivity contribution in [2.75, 3.05) is 18.4 Å². The van der Waals surface area contributed by atoms with Gasteiger partial charge in [-0.2, -0.15) is 4.31 Å². The Kier molecular flexibility index (Phi) is 5.36. The molecule has 4 rings (SSSR count). The van der Waals surface area contributed by atoms with Crippen LogP contribution in [0, 0.1) is 0 Å². The van der Waals surface area contributed by atoms with Crippen LogP contribution in [0.15, 0.2) is 77.8 Å². The van der Waals surface area contributed by atoms with Crippen LogP contribution in [-0.2, 0) is 10.0 Å². The predicted molar refractivity (Wildman–Crippen MR) is 109 cm³/mol. The van der Waals surface area contributed by atoms with Crippen LogP contribution in [0.25, 0.3) is 0 Å². The smallest absolute Gasteiger partial charge is 0.243 e. The lowest BCUT2D eigenvalue weighted by Crippen LogP contribution is -2.38. The van der Waals surface area contributed by atoms with Gasteiger partial charge in [0.05, 0.1) is 4.90 Å². The predicted octanol–water partition coefficient (Wildman–Crippen LogP) is 3.79. The fraction of sp³-hybridized carbons (Fsp3) is 0.238. The van der Waals surface area contributed by atoms with Gasteiger partial charge in [0.2, 0.25) is 16.0 Å². The van der Waals surface area contributed by atoms with Crippen molar-refractivity contribution in [3.05, 3.63) is 78.6 Å². The fourth-order valence-electron chi connectivity index (χ4n) is 3.44. The zero-order valence-electron chi connectivity index (χ0n) is 15.4. The maximum absolute atomic E-state index is 12.8. The SMILES string of the molecule is O=S(=O)(c1ccccc1)N1CCC(c2ccnc(Nc3ccccc3)n2)CC1. The number of para-hydroxylation sites is 1. The molecule has 7 heteroatoms. The Bertz CT molecular complexity index is 1020. The van der Waals surface area contributed by atoms with Crippen molar-refractivity contribution < 1.29 is 8.42 Å². The van der Waals surface area contributed by atoms with Gasteiger partial charge in [0.25, 0.3) is 0 Å². The molecule has 0 spiro atoms. The lowest BCUT2D eigenvalue weighted by atomic mass is 9.94. The van der Waals surface area contributed by atoms with Crippen molar-refractivity contribution >= 4 is 21.7 Å². The Morgan fingerprint density at radius 3 is 2.21 bits per heavy atom. The first kappa shape index (κ1) is 18.6. The molecule has 0 unspecified atom stereocenters. The number of anilines is 2. The molecule has 1 fully saturated rings. The summed E-state index contributed by atoms with van der Waals surface area (Å²) in [5.74, 6) is 0.782. The zero-order chi connectivity index (χ0) is 19.4. The second-order valence-corrected chi connectivity index (χ2v) is 8.73. The van der Waals surface area contributed by atoms with Gasteiger partial charge in [-0.15, -0.1) is 0 Å². The molecular weight excluding hydrogens is 372 g/mol. The van der Waals surface area contributed by atoms with Crippen LogP contribution < -0.4 is 5.32 Å². The van der Waals surface area contributed by atoms with Crippen LogP contribution in [-0.4, -0.2) is 35.8 Å². The van der Waals surface area contributed by atoms with Crippen molar-refractivity contribution in [2.24, 2.45) is 0 Å². The van der Waals surface area contributed by atoms with Crippen LogP contribution in [0.5, 0.6) is 0 Å². The third-order valence-corrected chi connectivity index (χ3v) is 6.87. The first-order chi connectivity index (χ1) is 13.6. The van der Waals surface area contributed by atoms with Gasteiger partial charge in [-0.25, -0.2) is 18.4 Å². The Morgan fingerprint density at radius 2 is 1.54 bits per heavy atom. The van der Waals surface area contributed by atoms with Gasteiger partial charge in [-0.3, -0.25) is 0 Å². The third kappa shape index (κ3) is 4.05. The largest absolute Gasteiger partial charge is 0.324 e. The standard InChI is InChI=1S/C21H22N4O2S/c26-28(27,19-9-5-2-6-10-19)25-15-12-17(13-16-25)20-11-14-22-21(24-20)23-18-7-3-1-4-8-18/h1-11,14,17H,12-13,15-16H2,(H,22,23,24). The minimum absolute atomic E-state index is 0.224. The summed E-state index contributed by atoms with van der Waals surface area (Å²) in [4.78, 5) is 9.29. The zero-order valence-corrected chi connectivity index (χ0v) is 16.2. The Labute approximate surface area is 165 Å². The molecule has 144 valence electrons. The highest BCUT2D eigenvalue weighted by Crippen LogP contribution is 2.30. The molecule has 0 aliphatic carbocycles. The van der Waals surface area contributed by atoms with Crippen LogP contribution in [0.2, 0.25) is 0 Å². The average molecular weight is 395 g/mol. The normalized spacial score (nSPS) is 16.0. The molecule has 0 saturated carbocycles.